The molecule has 3 nitrogen and oxygen atoms in total. The fourth-order valence-electron chi connectivity index (χ4n) is 1.82. The predicted octanol–water partition coefficient (Wildman–Crippen LogP) is 1.12. The Bertz CT molecular complexity index is 159. The Morgan fingerprint density at radius 2 is 1.73 bits per heavy atom. The SMILES string of the molecule is CCC(C)(CNC)CN(C)CCN(C)C. The van der Waals surface area contributed by atoms with E-state index in [1.807, 2.05) is 7.05 Å². The standard InChI is InChI=1S/C12H29N3/c1-7-12(2,10-13-3)11-15(6)9-8-14(4)5/h13H,7-11H2,1-6H3. The summed E-state index contributed by atoms with van der Waals surface area (Å²) < 4.78 is 0. The first kappa shape index (κ1) is 14.9. The second kappa shape index (κ2) is 7.20. The van der Waals surface area contributed by atoms with Crippen LogP contribution in [0.4, 0.5) is 0 Å². The van der Waals surface area contributed by atoms with Crippen LogP contribution in [0.1, 0.15) is 20.3 Å². The lowest BCUT2D eigenvalue weighted by Gasteiger charge is -2.33. The van der Waals surface area contributed by atoms with Gasteiger partial charge in [0.1, 0.15) is 0 Å². The molecule has 1 unspecified atom stereocenters. The molecule has 0 radical (unpaired) electrons. The number of hydrogen-bond acceptors (Lipinski definition) is 3. The molecule has 0 saturated heterocycles. The summed E-state index contributed by atoms with van der Waals surface area (Å²) in [5.41, 5.74) is 0.399. The van der Waals surface area contributed by atoms with Gasteiger partial charge < -0.3 is 15.1 Å². The van der Waals surface area contributed by atoms with Crippen LogP contribution in [0, 0.1) is 5.41 Å². The van der Waals surface area contributed by atoms with Crippen molar-refractivity contribution in [3.63, 3.8) is 0 Å². The summed E-state index contributed by atoms with van der Waals surface area (Å²) in [6, 6.07) is 0. The van der Waals surface area contributed by atoms with Crippen molar-refractivity contribution in [2.45, 2.75) is 20.3 Å². The molecule has 0 aliphatic carbocycles. The van der Waals surface area contributed by atoms with E-state index in [2.05, 4.69) is 50.1 Å². The zero-order valence-electron chi connectivity index (χ0n) is 11.4. The van der Waals surface area contributed by atoms with Crippen LogP contribution in [0.15, 0.2) is 0 Å². The number of hydrogen-bond donors (Lipinski definition) is 1. The second-order valence-electron chi connectivity index (χ2n) is 5.24. The molecule has 0 aromatic carbocycles. The van der Waals surface area contributed by atoms with E-state index in [1.165, 1.54) is 6.42 Å². The summed E-state index contributed by atoms with van der Waals surface area (Å²) in [4.78, 5) is 4.67. The maximum absolute atomic E-state index is 3.29. The molecule has 1 atom stereocenters. The zero-order valence-corrected chi connectivity index (χ0v) is 11.4. The molecule has 0 heterocycles. The molecule has 0 spiro atoms. The smallest absolute Gasteiger partial charge is 0.0106 e. The van der Waals surface area contributed by atoms with Gasteiger partial charge in [0, 0.05) is 26.2 Å². The van der Waals surface area contributed by atoms with Gasteiger partial charge in [-0.1, -0.05) is 13.8 Å². The predicted molar refractivity (Wildman–Crippen MR) is 68.4 cm³/mol. The molecule has 0 fully saturated rings. The fraction of sp³-hybridized carbons (Fsp3) is 1.00. The minimum absolute atomic E-state index is 0.399. The summed E-state index contributed by atoms with van der Waals surface area (Å²) in [5, 5.41) is 3.29. The van der Waals surface area contributed by atoms with Crippen molar-refractivity contribution in [1.82, 2.24) is 15.1 Å². The van der Waals surface area contributed by atoms with E-state index in [9.17, 15) is 0 Å². The molecular formula is C12H29N3. The lowest BCUT2D eigenvalue weighted by Crippen LogP contribution is -2.41. The zero-order chi connectivity index (χ0) is 11.9. The molecular weight excluding hydrogens is 186 g/mol. The highest BCUT2D eigenvalue weighted by Crippen LogP contribution is 2.20. The van der Waals surface area contributed by atoms with Crippen LogP contribution in [0.2, 0.25) is 0 Å². The largest absolute Gasteiger partial charge is 0.319 e. The molecule has 15 heavy (non-hydrogen) atoms. The van der Waals surface area contributed by atoms with Crippen molar-refractivity contribution >= 4 is 0 Å². The van der Waals surface area contributed by atoms with Gasteiger partial charge in [0.25, 0.3) is 0 Å². The maximum atomic E-state index is 3.29. The lowest BCUT2D eigenvalue weighted by atomic mass is 9.87. The molecule has 1 N–H and O–H groups in total. The van der Waals surface area contributed by atoms with Crippen molar-refractivity contribution in [2.75, 3.05) is 54.4 Å². The summed E-state index contributed by atoms with van der Waals surface area (Å²) in [6.07, 6.45) is 1.22. The minimum Gasteiger partial charge on any atom is -0.319 e. The van der Waals surface area contributed by atoms with Crippen LogP contribution >= 0.6 is 0 Å². The van der Waals surface area contributed by atoms with Gasteiger partial charge in [-0.3, -0.25) is 0 Å². The monoisotopic (exact) mass is 215 g/mol. The van der Waals surface area contributed by atoms with Crippen LogP contribution in [0.3, 0.4) is 0 Å². The number of rotatable bonds is 8. The van der Waals surface area contributed by atoms with Gasteiger partial charge >= 0.3 is 0 Å². The van der Waals surface area contributed by atoms with E-state index >= 15 is 0 Å². The summed E-state index contributed by atoms with van der Waals surface area (Å²) in [5.74, 6) is 0. The summed E-state index contributed by atoms with van der Waals surface area (Å²) in [6.45, 7) is 9.17. The second-order valence-corrected chi connectivity index (χ2v) is 5.24. The third-order valence-electron chi connectivity index (χ3n) is 3.04. The minimum atomic E-state index is 0.399. The Kier molecular flexibility index (Phi) is 7.14. The Morgan fingerprint density at radius 3 is 2.13 bits per heavy atom. The average Bonchev–Trinajstić information content (AvgIpc) is 2.15. The summed E-state index contributed by atoms with van der Waals surface area (Å²) in [7, 11) is 8.50. The Morgan fingerprint density at radius 1 is 1.13 bits per heavy atom. The third-order valence-corrected chi connectivity index (χ3v) is 3.04. The molecule has 0 bridgehead atoms. The normalized spacial score (nSPS) is 16.0. The van der Waals surface area contributed by atoms with Crippen molar-refractivity contribution in [1.29, 1.82) is 0 Å². The van der Waals surface area contributed by atoms with E-state index in [1.54, 1.807) is 0 Å². The molecule has 3 heteroatoms. The molecule has 0 amide bonds. The maximum Gasteiger partial charge on any atom is 0.0106 e. The highest BCUT2D eigenvalue weighted by atomic mass is 15.2. The number of nitrogens with zero attached hydrogens (tertiary/aromatic N) is 2. The van der Waals surface area contributed by atoms with E-state index in [0.29, 0.717) is 5.41 Å². The van der Waals surface area contributed by atoms with Crippen LogP contribution in [0.5, 0.6) is 0 Å². The third kappa shape index (κ3) is 6.88. The first-order chi connectivity index (χ1) is 6.93. The highest BCUT2D eigenvalue weighted by molar-refractivity contribution is 4.78. The van der Waals surface area contributed by atoms with E-state index in [4.69, 9.17) is 0 Å². The molecule has 0 aromatic rings. The van der Waals surface area contributed by atoms with Gasteiger partial charge in [0.05, 0.1) is 0 Å². The van der Waals surface area contributed by atoms with Crippen LogP contribution in [-0.4, -0.2) is 64.2 Å². The molecule has 92 valence electrons. The Labute approximate surface area is 95.8 Å². The quantitative estimate of drug-likeness (QED) is 0.654. The highest BCUT2D eigenvalue weighted by Gasteiger charge is 2.22. The average molecular weight is 215 g/mol. The van der Waals surface area contributed by atoms with Crippen LogP contribution < -0.4 is 5.32 Å². The molecule has 0 rings (SSSR count). The Hall–Kier alpha value is -0.120. The van der Waals surface area contributed by atoms with Crippen molar-refractivity contribution in [2.24, 2.45) is 5.41 Å². The van der Waals surface area contributed by atoms with Crippen molar-refractivity contribution in [3.8, 4) is 0 Å². The number of likely N-dealkylation sites (N-methyl/N-ethyl adjacent to an activating group) is 2. The lowest BCUT2D eigenvalue weighted by molar-refractivity contribution is 0.173. The van der Waals surface area contributed by atoms with Gasteiger partial charge in [-0.15, -0.1) is 0 Å². The van der Waals surface area contributed by atoms with Gasteiger partial charge in [0.15, 0.2) is 0 Å². The van der Waals surface area contributed by atoms with Gasteiger partial charge in [-0.05, 0) is 40.0 Å². The van der Waals surface area contributed by atoms with E-state index < -0.39 is 0 Å². The first-order valence-electron chi connectivity index (χ1n) is 5.91. The van der Waals surface area contributed by atoms with Crippen LogP contribution in [0.25, 0.3) is 0 Å². The van der Waals surface area contributed by atoms with Gasteiger partial charge in [-0.2, -0.15) is 0 Å². The first-order valence-corrected chi connectivity index (χ1v) is 5.91. The van der Waals surface area contributed by atoms with Gasteiger partial charge in [-0.25, -0.2) is 0 Å². The number of nitrogens with one attached hydrogen (secondary N) is 1. The van der Waals surface area contributed by atoms with Crippen molar-refractivity contribution < 1.29 is 0 Å². The van der Waals surface area contributed by atoms with E-state index in [-0.39, 0.29) is 0 Å². The topological polar surface area (TPSA) is 18.5 Å². The molecule has 0 aromatic heterocycles. The van der Waals surface area contributed by atoms with Crippen LogP contribution in [-0.2, 0) is 0 Å². The molecule has 0 aliphatic rings. The fourth-order valence-corrected chi connectivity index (χ4v) is 1.82. The van der Waals surface area contributed by atoms with E-state index in [0.717, 1.165) is 26.2 Å². The summed E-state index contributed by atoms with van der Waals surface area (Å²) >= 11 is 0. The van der Waals surface area contributed by atoms with Crippen molar-refractivity contribution in [3.05, 3.63) is 0 Å². The molecule has 0 aliphatic heterocycles. The molecule has 0 saturated carbocycles. The Balaban J connectivity index is 3.94. The van der Waals surface area contributed by atoms with Gasteiger partial charge in [0.2, 0.25) is 0 Å².